The lowest BCUT2D eigenvalue weighted by molar-refractivity contribution is 0.110. The molecule has 0 saturated heterocycles. The van der Waals surface area contributed by atoms with Crippen LogP contribution in [0, 0.1) is 6.92 Å². The van der Waals surface area contributed by atoms with E-state index in [0.29, 0.717) is 29.4 Å². The molecular weight excluding hydrogens is 268 g/mol. The van der Waals surface area contributed by atoms with Crippen molar-refractivity contribution in [3.05, 3.63) is 60.2 Å². The van der Waals surface area contributed by atoms with E-state index in [1.165, 1.54) is 0 Å². The molecule has 0 unspecified atom stereocenters. The molecule has 3 rings (SSSR count). The summed E-state index contributed by atoms with van der Waals surface area (Å²) in [5.41, 5.74) is 1.60. The summed E-state index contributed by atoms with van der Waals surface area (Å²) in [7, 11) is 0. The summed E-state index contributed by atoms with van der Waals surface area (Å²) in [6.45, 7) is 1.85. The second kappa shape index (κ2) is 5.58. The summed E-state index contributed by atoms with van der Waals surface area (Å²) < 4.78 is 11.1. The van der Waals surface area contributed by atoms with Gasteiger partial charge in [-0.1, -0.05) is 12.1 Å². The molecule has 2 heterocycles. The Hall–Kier alpha value is -2.95. The van der Waals surface area contributed by atoms with Crippen molar-refractivity contribution >= 4 is 6.29 Å². The van der Waals surface area contributed by atoms with E-state index in [1.807, 2.05) is 31.2 Å². The van der Waals surface area contributed by atoms with Crippen LogP contribution in [0.1, 0.15) is 16.2 Å². The van der Waals surface area contributed by atoms with Crippen LogP contribution in [0.3, 0.4) is 0 Å². The van der Waals surface area contributed by atoms with Gasteiger partial charge in [-0.25, -0.2) is 4.98 Å². The monoisotopic (exact) mass is 280 g/mol. The molecule has 0 amide bonds. The molecule has 0 radical (unpaired) electrons. The fourth-order valence-corrected chi connectivity index (χ4v) is 1.89. The number of aromatic nitrogens is 2. The molecule has 1 aromatic carbocycles. The molecule has 5 nitrogen and oxygen atoms in total. The molecule has 0 aliphatic carbocycles. The molecule has 104 valence electrons. The van der Waals surface area contributed by atoms with Crippen molar-refractivity contribution in [1.29, 1.82) is 0 Å². The molecule has 0 N–H and O–H groups in total. The predicted molar refractivity (Wildman–Crippen MR) is 76.4 cm³/mol. The van der Waals surface area contributed by atoms with Crippen LogP contribution in [-0.2, 0) is 0 Å². The zero-order valence-electron chi connectivity index (χ0n) is 11.3. The van der Waals surface area contributed by atoms with Crippen molar-refractivity contribution in [2.75, 3.05) is 0 Å². The van der Waals surface area contributed by atoms with Gasteiger partial charge in [0, 0.05) is 11.8 Å². The number of nitrogens with zero attached hydrogens (tertiary/aromatic N) is 2. The minimum atomic E-state index is 0.292. The Bertz CT molecular complexity index is 780. The second-order valence-corrected chi connectivity index (χ2v) is 4.45. The van der Waals surface area contributed by atoms with E-state index in [9.17, 15) is 4.79 Å². The van der Waals surface area contributed by atoms with E-state index in [4.69, 9.17) is 9.15 Å². The zero-order valence-corrected chi connectivity index (χ0v) is 11.3. The van der Waals surface area contributed by atoms with Crippen LogP contribution in [0.2, 0.25) is 0 Å². The van der Waals surface area contributed by atoms with Crippen molar-refractivity contribution in [1.82, 2.24) is 9.97 Å². The predicted octanol–water partition coefficient (Wildman–Crippen LogP) is 3.65. The van der Waals surface area contributed by atoms with Gasteiger partial charge in [0.15, 0.2) is 12.0 Å². The Kier molecular flexibility index (Phi) is 3.47. The molecule has 21 heavy (non-hydrogen) atoms. The van der Waals surface area contributed by atoms with E-state index in [0.717, 1.165) is 11.3 Å². The number of benzene rings is 1. The third kappa shape index (κ3) is 2.97. The quantitative estimate of drug-likeness (QED) is 0.682. The second-order valence-electron chi connectivity index (χ2n) is 4.45. The van der Waals surface area contributed by atoms with Crippen molar-refractivity contribution in [2.24, 2.45) is 0 Å². The molecule has 0 atom stereocenters. The van der Waals surface area contributed by atoms with Crippen LogP contribution in [-0.4, -0.2) is 16.3 Å². The highest BCUT2D eigenvalue weighted by molar-refractivity contribution is 5.73. The van der Waals surface area contributed by atoms with Crippen LogP contribution in [0.4, 0.5) is 0 Å². The SMILES string of the molecule is Cc1cncc(Oc2cccc(-c3ccc(C=O)o3)c2)n1. The topological polar surface area (TPSA) is 65.2 Å². The Morgan fingerprint density at radius 3 is 2.86 bits per heavy atom. The van der Waals surface area contributed by atoms with Crippen LogP contribution in [0.15, 0.2) is 53.2 Å². The van der Waals surface area contributed by atoms with Crippen molar-refractivity contribution in [2.45, 2.75) is 6.92 Å². The summed E-state index contributed by atoms with van der Waals surface area (Å²) in [5, 5.41) is 0. The maximum Gasteiger partial charge on any atom is 0.238 e. The Labute approximate surface area is 121 Å². The summed E-state index contributed by atoms with van der Waals surface area (Å²) in [4.78, 5) is 18.9. The standard InChI is InChI=1S/C16H12N2O3/c1-11-8-17-9-16(18-11)21-13-4-2-3-12(7-13)15-6-5-14(10-19)20-15/h2-10H,1H3. The number of aryl methyl sites for hydroxylation is 1. The van der Waals surface area contributed by atoms with Gasteiger partial charge in [0.05, 0.1) is 11.9 Å². The highest BCUT2D eigenvalue weighted by Crippen LogP contribution is 2.27. The van der Waals surface area contributed by atoms with Crippen LogP contribution in [0.5, 0.6) is 11.6 Å². The first-order valence-electron chi connectivity index (χ1n) is 6.36. The molecule has 0 bridgehead atoms. The number of furan rings is 1. The molecule has 0 saturated carbocycles. The Balaban J connectivity index is 1.87. The van der Waals surface area contributed by atoms with Gasteiger partial charge in [0.1, 0.15) is 11.5 Å². The first kappa shape index (κ1) is 13.1. The normalized spacial score (nSPS) is 10.3. The molecular formula is C16H12N2O3. The fraction of sp³-hybridized carbons (Fsp3) is 0.0625. The molecule has 5 heteroatoms. The van der Waals surface area contributed by atoms with Crippen molar-refractivity contribution in [3.63, 3.8) is 0 Å². The number of carbonyl (C=O) groups is 1. The maximum absolute atomic E-state index is 10.7. The van der Waals surface area contributed by atoms with E-state index in [1.54, 1.807) is 24.5 Å². The first-order chi connectivity index (χ1) is 10.2. The fourth-order valence-electron chi connectivity index (χ4n) is 1.89. The third-order valence-corrected chi connectivity index (χ3v) is 2.82. The van der Waals surface area contributed by atoms with Crippen LogP contribution >= 0.6 is 0 Å². The summed E-state index contributed by atoms with van der Waals surface area (Å²) >= 11 is 0. The molecule has 2 aromatic heterocycles. The number of rotatable bonds is 4. The molecule has 0 aliphatic rings. The van der Waals surface area contributed by atoms with Gasteiger partial charge in [-0.05, 0) is 31.2 Å². The number of hydrogen-bond acceptors (Lipinski definition) is 5. The van der Waals surface area contributed by atoms with Gasteiger partial charge in [-0.2, -0.15) is 0 Å². The van der Waals surface area contributed by atoms with E-state index < -0.39 is 0 Å². The summed E-state index contributed by atoms with van der Waals surface area (Å²) in [5.74, 6) is 1.95. The molecule has 0 aliphatic heterocycles. The lowest BCUT2D eigenvalue weighted by atomic mass is 10.1. The van der Waals surface area contributed by atoms with Gasteiger partial charge in [0.25, 0.3) is 0 Å². The number of carbonyl (C=O) groups excluding carboxylic acids is 1. The average molecular weight is 280 g/mol. The van der Waals surface area contributed by atoms with Gasteiger partial charge >= 0.3 is 0 Å². The Morgan fingerprint density at radius 2 is 2.10 bits per heavy atom. The number of hydrogen-bond donors (Lipinski definition) is 0. The molecule has 0 fully saturated rings. The van der Waals surface area contributed by atoms with Crippen molar-refractivity contribution in [3.8, 4) is 23.0 Å². The first-order valence-corrected chi connectivity index (χ1v) is 6.36. The van der Waals surface area contributed by atoms with Gasteiger partial charge in [-0.15, -0.1) is 0 Å². The van der Waals surface area contributed by atoms with E-state index in [2.05, 4.69) is 9.97 Å². The van der Waals surface area contributed by atoms with Crippen molar-refractivity contribution < 1.29 is 13.9 Å². The van der Waals surface area contributed by atoms with Gasteiger partial charge in [0.2, 0.25) is 5.88 Å². The minimum absolute atomic E-state index is 0.292. The van der Waals surface area contributed by atoms with E-state index in [-0.39, 0.29) is 0 Å². The average Bonchev–Trinajstić information content (AvgIpc) is 2.96. The smallest absolute Gasteiger partial charge is 0.238 e. The van der Waals surface area contributed by atoms with Crippen LogP contribution < -0.4 is 4.74 Å². The lowest BCUT2D eigenvalue weighted by Crippen LogP contribution is -1.91. The largest absolute Gasteiger partial charge is 0.453 e. The van der Waals surface area contributed by atoms with Gasteiger partial charge < -0.3 is 9.15 Å². The molecule has 3 aromatic rings. The zero-order chi connectivity index (χ0) is 14.7. The highest BCUT2D eigenvalue weighted by atomic mass is 16.5. The van der Waals surface area contributed by atoms with Gasteiger partial charge in [-0.3, -0.25) is 9.78 Å². The Morgan fingerprint density at radius 1 is 1.19 bits per heavy atom. The summed E-state index contributed by atoms with van der Waals surface area (Å²) in [6, 6.07) is 10.7. The third-order valence-electron chi connectivity index (χ3n) is 2.82. The van der Waals surface area contributed by atoms with E-state index >= 15 is 0 Å². The summed E-state index contributed by atoms with van der Waals surface area (Å²) in [6.07, 6.45) is 3.89. The maximum atomic E-state index is 10.7. The number of aldehydes is 1. The molecule has 0 spiro atoms. The lowest BCUT2D eigenvalue weighted by Gasteiger charge is -2.06. The minimum Gasteiger partial charge on any atom is -0.453 e. The highest BCUT2D eigenvalue weighted by Gasteiger charge is 2.06. The van der Waals surface area contributed by atoms with Crippen LogP contribution in [0.25, 0.3) is 11.3 Å². The number of ether oxygens (including phenoxy) is 1.